The van der Waals surface area contributed by atoms with Crippen molar-refractivity contribution in [1.29, 1.82) is 0 Å². The van der Waals surface area contributed by atoms with Crippen LogP contribution in [0.25, 0.3) is 39.1 Å². The van der Waals surface area contributed by atoms with Crippen LogP contribution in [0.5, 0.6) is 11.5 Å². The minimum Gasteiger partial charge on any atom is -0.497 e. The van der Waals surface area contributed by atoms with E-state index in [1.165, 1.54) is 0 Å². The zero-order chi connectivity index (χ0) is 17.7. The summed E-state index contributed by atoms with van der Waals surface area (Å²) < 4.78 is 12.2. The molecule has 3 heterocycles. The van der Waals surface area contributed by atoms with Gasteiger partial charge in [0.25, 0.3) is 5.78 Å². The van der Waals surface area contributed by atoms with E-state index in [2.05, 4.69) is 15.1 Å². The maximum absolute atomic E-state index is 5.32. The topological polar surface area (TPSA) is 77.3 Å². The molecule has 2 aromatic carbocycles. The summed E-state index contributed by atoms with van der Waals surface area (Å²) in [6.07, 6.45) is 1.87. The highest BCUT2D eigenvalue weighted by Gasteiger charge is 2.13. The lowest BCUT2D eigenvalue weighted by Crippen LogP contribution is -1.93. The molecule has 0 aliphatic rings. The Balaban J connectivity index is 1.69. The van der Waals surface area contributed by atoms with Crippen molar-refractivity contribution in [3.05, 3.63) is 48.7 Å². The molecule has 5 aromatic rings. The predicted molar refractivity (Wildman–Crippen MR) is 98.7 cm³/mol. The molecule has 0 radical (unpaired) electrons. The first-order valence-electron chi connectivity index (χ1n) is 8.12. The second-order valence-corrected chi connectivity index (χ2v) is 5.94. The van der Waals surface area contributed by atoms with Crippen LogP contribution in [-0.4, -0.2) is 38.8 Å². The van der Waals surface area contributed by atoms with E-state index in [0.29, 0.717) is 11.4 Å². The number of aromatic amines is 1. The second kappa shape index (κ2) is 5.45. The third-order valence-electron chi connectivity index (χ3n) is 4.43. The molecule has 0 saturated heterocycles. The van der Waals surface area contributed by atoms with Gasteiger partial charge in [0.1, 0.15) is 17.0 Å². The molecule has 26 heavy (non-hydrogen) atoms. The number of ether oxygens (including phenoxy) is 2. The number of aromatic nitrogens is 5. The van der Waals surface area contributed by atoms with E-state index in [9.17, 15) is 0 Å². The first kappa shape index (κ1) is 14.7. The van der Waals surface area contributed by atoms with Crippen molar-refractivity contribution in [2.45, 2.75) is 0 Å². The predicted octanol–water partition coefficient (Wildman–Crippen LogP) is 3.44. The van der Waals surface area contributed by atoms with Crippen LogP contribution in [0.1, 0.15) is 0 Å². The molecule has 128 valence electrons. The molecule has 5 rings (SSSR count). The average molecular weight is 345 g/mol. The summed E-state index contributed by atoms with van der Waals surface area (Å²) >= 11 is 0. The fraction of sp³-hybridized carbons (Fsp3) is 0.105. The third kappa shape index (κ3) is 2.17. The van der Waals surface area contributed by atoms with E-state index in [4.69, 9.17) is 14.5 Å². The van der Waals surface area contributed by atoms with E-state index in [1.54, 1.807) is 18.7 Å². The van der Waals surface area contributed by atoms with Crippen molar-refractivity contribution in [2.24, 2.45) is 0 Å². The molecule has 0 aliphatic heterocycles. The zero-order valence-electron chi connectivity index (χ0n) is 14.2. The van der Waals surface area contributed by atoms with Gasteiger partial charge in [0.2, 0.25) is 0 Å². The number of nitrogens with zero attached hydrogens (tertiary/aromatic N) is 4. The molecule has 0 atom stereocenters. The Morgan fingerprint density at radius 1 is 0.923 bits per heavy atom. The van der Waals surface area contributed by atoms with Gasteiger partial charge < -0.3 is 14.5 Å². The Kier molecular flexibility index (Phi) is 3.08. The molecule has 0 spiro atoms. The van der Waals surface area contributed by atoms with Crippen molar-refractivity contribution in [2.75, 3.05) is 14.2 Å². The molecule has 1 N–H and O–H groups in total. The lowest BCUT2D eigenvalue weighted by Gasteiger charge is -1.99. The van der Waals surface area contributed by atoms with Gasteiger partial charge in [-0.05, 0) is 42.5 Å². The normalized spacial score (nSPS) is 11.5. The van der Waals surface area contributed by atoms with Crippen molar-refractivity contribution < 1.29 is 9.47 Å². The van der Waals surface area contributed by atoms with Crippen molar-refractivity contribution in [3.63, 3.8) is 0 Å². The summed E-state index contributed by atoms with van der Waals surface area (Å²) in [5, 5.41) is 5.58. The van der Waals surface area contributed by atoms with Gasteiger partial charge in [-0.1, -0.05) is 0 Å². The van der Waals surface area contributed by atoms with Crippen molar-refractivity contribution in [3.8, 4) is 22.8 Å². The Morgan fingerprint density at radius 2 is 1.69 bits per heavy atom. The Hall–Kier alpha value is -3.61. The highest BCUT2D eigenvalue weighted by atomic mass is 16.5. The van der Waals surface area contributed by atoms with Gasteiger partial charge in [0.05, 0.1) is 26.1 Å². The number of imidazole rings is 1. The Labute approximate surface area is 148 Å². The van der Waals surface area contributed by atoms with E-state index in [1.807, 2.05) is 48.7 Å². The molecule has 0 fully saturated rings. The molecule has 0 saturated carbocycles. The summed E-state index contributed by atoms with van der Waals surface area (Å²) in [7, 11) is 3.30. The maximum Gasteiger partial charge on any atom is 0.251 e. The summed E-state index contributed by atoms with van der Waals surface area (Å²) in [6.45, 7) is 0. The van der Waals surface area contributed by atoms with Gasteiger partial charge in [-0.25, -0.2) is 14.5 Å². The van der Waals surface area contributed by atoms with Gasteiger partial charge in [-0.15, -0.1) is 5.10 Å². The molecule has 0 bridgehead atoms. The van der Waals surface area contributed by atoms with Gasteiger partial charge in [0, 0.05) is 16.5 Å². The number of H-pyrrole nitrogens is 1. The van der Waals surface area contributed by atoms with E-state index >= 15 is 0 Å². The number of rotatable bonds is 3. The lowest BCUT2D eigenvalue weighted by atomic mass is 10.2. The minimum absolute atomic E-state index is 0.548. The number of hydrogen-bond acceptors (Lipinski definition) is 5. The number of hydrogen-bond donors (Lipinski definition) is 1. The molecule has 0 amide bonds. The van der Waals surface area contributed by atoms with Gasteiger partial charge in [-0.2, -0.15) is 0 Å². The van der Waals surface area contributed by atoms with Crippen LogP contribution in [0.2, 0.25) is 0 Å². The summed E-state index contributed by atoms with van der Waals surface area (Å²) in [5.74, 6) is 2.14. The van der Waals surface area contributed by atoms with E-state index in [0.717, 1.165) is 39.2 Å². The molecule has 3 aromatic heterocycles. The summed E-state index contributed by atoms with van der Waals surface area (Å²) in [5.41, 5.74) is 4.23. The lowest BCUT2D eigenvalue weighted by molar-refractivity contribution is 0.415. The van der Waals surface area contributed by atoms with Gasteiger partial charge >= 0.3 is 0 Å². The van der Waals surface area contributed by atoms with Crippen LogP contribution < -0.4 is 9.47 Å². The zero-order valence-corrected chi connectivity index (χ0v) is 14.2. The fourth-order valence-electron chi connectivity index (χ4n) is 3.07. The van der Waals surface area contributed by atoms with E-state index < -0.39 is 0 Å². The molecule has 0 unspecified atom stereocenters. The largest absolute Gasteiger partial charge is 0.497 e. The van der Waals surface area contributed by atoms with Crippen molar-refractivity contribution in [1.82, 2.24) is 24.6 Å². The maximum atomic E-state index is 5.32. The van der Waals surface area contributed by atoms with Gasteiger partial charge in [-0.3, -0.25) is 0 Å². The number of methoxy groups -OCH3 is 2. The van der Waals surface area contributed by atoms with Crippen LogP contribution in [0.15, 0.2) is 48.7 Å². The number of fused-ring (bicyclic) bond motifs is 4. The van der Waals surface area contributed by atoms with Gasteiger partial charge in [0.15, 0.2) is 5.65 Å². The Morgan fingerprint density at radius 3 is 2.46 bits per heavy atom. The second-order valence-electron chi connectivity index (χ2n) is 5.94. The molecule has 0 aliphatic carbocycles. The average Bonchev–Trinajstić information content (AvgIpc) is 3.26. The smallest absolute Gasteiger partial charge is 0.251 e. The highest BCUT2D eigenvalue weighted by molar-refractivity contribution is 6.04. The first-order chi connectivity index (χ1) is 12.7. The highest BCUT2D eigenvalue weighted by Crippen LogP contribution is 2.27. The first-order valence-corrected chi connectivity index (χ1v) is 8.12. The monoisotopic (exact) mass is 345 g/mol. The molecule has 7 nitrogen and oxygen atoms in total. The molecular weight excluding hydrogens is 330 g/mol. The summed E-state index contributed by atoms with van der Waals surface area (Å²) in [6, 6.07) is 13.6. The number of nitrogens with one attached hydrogen (secondary N) is 1. The SMILES string of the molecule is COc1ccc(-c2cn3nc4[nH]c5ccc(OC)cc5c4nc3n2)cc1. The van der Waals surface area contributed by atoms with Crippen LogP contribution >= 0.6 is 0 Å². The Bertz CT molecular complexity index is 1250. The van der Waals surface area contributed by atoms with Crippen LogP contribution in [0.3, 0.4) is 0 Å². The standard InChI is InChI=1S/C19H15N5O2/c1-25-12-5-3-11(4-6-12)16-10-24-19(21-16)22-17-14-9-13(26-2)7-8-15(14)20-18(17)23-24/h3-10H,1-2H3,(H,20,23). The van der Waals surface area contributed by atoms with Crippen LogP contribution in [0, 0.1) is 0 Å². The minimum atomic E-state index is 0.548. The van der Waals surface area contributed by atoms with E-state index in [-0.39, 0.29) is 0 Å². The fourth-order valence-corrected chi connectivity index (χ4v) is 3.07. The summed E-state index contributed by atoms with van der Waals surface area (Å²) in [4.78, 5) is 12.6. The van der Waals surface area contributed by atoms with Crippen molar-refractivity contribution >= 4 is 27.8 Å². The quantitative estimate of drug-likeness (QED) is 0.542. The third-order valence-corrected chi connectivity index (χ3v) is 4.43. The number of benzene rings is 2. The molecule has 7 heteroatoms. The molecular formula is C19H15N5O2. The van der Waals surface area contributed by atoms with Crippen LogP contribution in [0.4, 0.5) is 0 Å². The van der Waals surface area contributed by atoms with Crippen LogP contribution in [-0.2, 0) is 0 Å².